The predicted octanol–water partition coefficient (Wildman–Crippen LogP) is 3.09. The molecule has 2 aliphatic rings. The SMILES string of the molecule is S=C(NC1CCCCC1)N1CCOc2ccccc2C1. The molecular weight excluding hydrogens is 268 g/mol. The van der Waals surface area contributed by atoms with Gasteiger partial charge >= 0.3 is 0 Å². The molecule has 1 aliphatic carbocycles. The van der Waals surface area contributed by atoms with E-state index in [9.17, 15) is 0 Å². The highest BCUT2D eigenvalue weighted by molar-refractivity contribution is 7.80. The van der Waals surface area contributed by atoms with Crippen molar-refractivity contribution in [2.45, 2.75) is 44.7 Å². The highest BCUT2D eigenvalue weighted by Gasteiger charge is 2.20. The Morgan fingerprint density at radius 1 is 1.20 bits per heavy atom. The van der Waals surface area contributed by atoms with E-state index in [1.54, 1.807) is 0 Å². The molecule has 0 radical (unpaired) electrons. The van der Waals surface area contributed by atoms with E-state index >= 15 is 0 Å². The fraction of sp³-hybridized carbons (Fsp3) is 0.562. The van der Waals surface area contributed by atoms with Crippen molar-refractivity contribution >= 4 is 17.3 Å². The molecule has 0 spiro atoms. The fourth-order valence-electron chi connectivity index (χ4n) is 3.01. The smallest absolute Gasteiger partial charge is 0.169 e. The quantitative estimate of drug-likeness (QED) is 0.803. The summed E-state index contributed by atoms with van der Waals surface area (Å²) in [6, 6.07) is 8.81. The van der Waals surface area contributed by atoms with Crippen LogP contribution in [0, 0.1) is 0 Å². The summed E-state index contributed by atoms with van der Waals surface area (Å²) >= 11 is 5.60. The van der Waals surface area contributed by atoms with Gasteiger partial charge in [0.15, 0.2) is 5.11 Å². The van der Waals surface area contributed by atoms with Crippen LogP contribution in [0.3, 0.4) is 0 Å². The second kappa shape index (κ2) is 6.44. The molecule has 1 aromatic carbocycles. The Kier molecular flexibility index (Phi) is 4.41. The van der Waals surface area contributed by atoms with Gasteiger partial charge in [-0.15, -0.1) is 0 Å². The molecule has 1 saturated carbocycles. The van der Waals surface area contributed by atoms with Gasteiger partial charge in [-0.1, -0.05) is 37.5 Å². The summed E-state index contributed by atoms with van der Waals surface area (Å²) in [5.41, 5.74) is 1.22. The summed E-state index contributed by atoms with van der Waals surface area (Å²) < 4.78 is 5.79. The zero-order valence-corrected chi connectivity index (χ0v) is 12.6. The summed E-state index contributed by atoms with van der Waals surface area (Å²) in [7, 11) is 0. The van der Waals surface area contributed by atoms with Gasteiger partial charge in [-0.2, -0.15) is 0 Å². The van der Waals surface area contributed by atoms with Crippen LogP contribution >= 0.6 is 12.2 Å². The van der Waals surface area contributed by atoms with Gasteiger partial charge in [-0.25, -0.2) is 0 Å². The first kappa shape index (κ1) is 13.7. The van der Waals surface area contributed by atoms with E-state index in [4.69, 9.17) is 17.0 Å². The van der Waals surface area contributed by atoms with Crippen molar-refractivity contribution in [3.8, 4) is 5.75 Å². The van der Waals surface area contributed by atoms with Crippen LogP contribution in [0.2, 0.25) is 0 Å². The monoisotopic (exact) mass is 290 g/mol. The molecule has 1 fully saturated rings. The maximum Gasteiger partial charge on any atom is 0.169 e. The van der Waals surface area contributed by atoms with Gasteiger partial charge in [-0.3, -0.25) is 0 Å². The third-order valence-corrected chi connectivity index (χ3v) is 4.55. The summed E-state index contributed by atoms with van der Waals surface area (Å²) in [6.45, 7) is 2.39. The van der Waals surface area contributed by atoms with Crippen LogP contribution in [-0.2, 0) is 6.54 Å². The molecule has 0 atom stereocenters. The standard InChI is InChI=1S/C16H22N2OS/c20-16(17-14-7-2-1-3-8-14)18-10-11-19-15-9-5-4-6-13(15)12-18/h4-6,9,14H,1-3,7-8,10-12H2,(H,17,20). The lowest BCUT2D eigenvalue weighted by Crippen LogP contribution is -2.45. The Balaban J connectivity index is 1.63. The topological polar surface area (TPSA) is 24.5 Å². The minimum atomic E-state index is 0.565. The Morgan fingerprint density at radius 3 is 2.85 bits per heavy atom. The number of nitrogens with zero attached hydrogens (tertiary/aromatic N) is 1. The molecule has 0 unspecified atom stereocenters. The lowest BCUT2D eigenvalue weighted by Gasteiger charge is -2.29. The van der Waals surface area contributed by atoms with E-state index in [1.807, 2.05) is 12.1 Å². The normalized spacial score (nSPS) is 19.7. The summed E-state index contributed by atoms with van der Waals surface area (Å²) in [5, 5.41) is 4.44. The largest absolute Gasteiger partial charge is 0.491 e. The number of thiocarbonyl (C=S) groups is 1. The minimum Gasteiger partial charge on any atom is -0.491 e. The predicted molar refractivity (Wildman–Crippen MR) is 85.0 cm³/mol. The number of nitrogens with one attached hydrogen (secondary N) is 1. The molecule has 1 aromatic rings. The molecule has 0 bridgehead atoms. The molecule has 1 aliphatic heterocycles. The van der Waals surface area contributed by atoms with E-state index in [-0.39, 0.29) is 0 Å². The number of hydrogen-bond donors (Lipinski definition) is 1. The molecular formula is C16H22N2OS. The Morgan fingerprint density at radius 2 is 2.00 bits per heavy atom. The molecule has 0 saturated heterocycles. The van der Waals surface area contributed by atoms with Crippen molar-refractivity contribution in [1.82, 2.24) is 10.2 Å². The van der Waals surface area contributed by atoms with Crippen LogP contribution < -0.4 is 10.1 Å². The van der Waals surface area contributed by atoms with E-state index in [0.717, 1.165) is 24.0 Å². The Labute approximate surface area is 126 Å². The van der Waals surface area contributed by atoms with Crippen molar-refractivity contribution in [2.24, 2.45) is 0 Å². The number of ether oxygens (including phenoxy) is 1. The molecule has 0 amide bonds. The minimum absolute atomic E-state index is 0.565. The zero-order valence-electron chi connectivity index (χ0n) is 11.8. The lowest BCUT2D eigenvalue weighted by atomic mass is 9.96. The van der Waals surface area contributed by atoms with Crippen molar-refractivity contribution in [3.05, 3.63) is 29.8 Å². The van der Waals surface area contributed by atoms with E-state index in [2.05, 4.69) is 22.3 Å². The van der Waals surface area contributed by atoms with E-state index in [1.165, 1.54) is 37.7 Å². The van der Waals surface area contributed by atoms with Gasteiger partial charge in [0.1, 0.15) is 12.4 Å². The first-order valence-electron chi connectivity index (χ1n) is 7.59. The molecule has 1 heterocycles. The second-order valence-corrected chi connectivity index (χ2v) is 6.05. The van der Waals surface area contributed by atoms with Crippen molar-refractivity contribution in [2.75, 3.05) is 13.2 Å². The van der Waals surface area contributed by atoms with Gasteiger partial charge in [-0.05, 0) is 31.1 Å². The zero-order chi connectivity index (χ0) is 13.8. The van der Waals surface area contributed by atoms with Gasteiger partial charge in [0.25, 0.3) is 0 Å². The second-order valence-electron chi connectivity index (χ2n) is 5.66. The first-order chi connectivity index (χ1) is 9.83. The van der Waals surface area contributed by atoms with Crippen LogP contribution in [0.1, 0.15) is 37.7 Å². The van der Waals surface area contributed by atoms with Crippen LogP contribution in [0.4, 0.5) is 0 Å². The molecule has 1 N–H and O–H groups in total. The maximum absolute atomic E-state index is 5.79. The molecule has 108 valence electrons. The average molecular weight is 290 g/mol. The van der Waals surface area contributed by atoms with E-state index < -0.39 is 0 Å². The van der Waals surface area contributed by atoms with Crippen molar-refractivity contribution in [1.29, 1.82) is 0 Å². The Bertz CT molecular complexity index is 471. The average Bonchev–Trinajstić information content (AvgIpc) is 2.70. The number of para-hydroxylation sites is 1. The van der Waals surface area contributed by atoms with Gasteiger partial charge in [0, 0.05) is 18.2 Å². The number of rotatable bonds is 1. The first-order valence-corrected chi connectivity index (χ1v) is 8.00. The molecule has 20 heavy (non-hydrogen) atoms. The maximum atomic E-state index is 5.79. The molecule has 3 nitrogen and oxygen atoms in total. The fourth-order valence-corrected chi connectivity index (χ4v) is 3.33. The van der Waals surface area contributed by atoms with Crippen molar-refractivity contribution in [3.63, 3.8) is 0 Å². The highest BCUT2D eigenvalue weighted by atomic mass is 32.1. The van der Waals surface area contributed by atoms with Gasteiger partial charge < -0.3 is 15.0 Å². The highest BCUT2D eigenvalue weighted by Crippen LogP contribution is 2.23. The molecule has 3 rings (SSSR count). The summed E-state index contributed by atoms with van der Waals surface area (Å²) in [5.74, 6) is 0.996. The van der Waals surface area contributed by atoms with Gasteiger partial charge in [0.05, 0.1) is 6.54 Å². The lowest BCUT2D eigenvalue weighted by molar-refractivity contribution is 0.285. The van der Waals surface area contributed by atoms with E-state index in [0.29, 0.717) is 12.6 Å². The number of fused-ring (bicyclic) bond motifs is 1. The van der Waals surface area contributed by atoms with Crippen LogP contribution in [0.5, 0.6) is 5.75 Å². The molecule has 0 aromatic heterocycles. The van der Waals surface area contributed by atoms with Crippen molar-refractivity contribution < 1.29 is 4.74 Å². The van der Waals surface area contributed by atoms with Gasteiger partial charge in [0.2, 0.25) is 0 Å². The van der Waals surface area contributed by atoms with Crippen LogP contribution in [0.25, 0.3) is 0 Å². The number of hydrogen-bond acceptors (Lipinski definition) is 2. The summed E-state index contributed by atoms with van der Waals surface area (Å²) in [4.78, 5) is 2.23. The molecule has 4 heteroatoms. The van der Waals surface area contributed by atoms with Crippen LogP contribution in [0.15, 0.2) is 24.3 Å². The third-order valence-electron chi connectivity index (χ3n) is 4.17. The third kappa shape index (κ3) is 3.23. The summed E-state index contributed by atoms with van der Waals surface area (Å²) in [6.07, 6.45) is 6.52. The van der Waals surface area contributed by atoms with Crippen LogP contribution in [-0.4, -0.2) is 29.2 Å². The number of benzene rings is 1. The Hall–Kier alpha value is -1.29.